The quantitative estimate of drug-likeness (QED) is 0.810. The van der Waals surface area contributed by atoms with Crippen molar-refractivity contribution in [1.29, 1.82) is 0 Å². The number of rotatable bonds is 5. The highest BCUT2D eigenvalue weighted by molar-refractivity contribution is 5.78. The zero-order chi connectivity index (χ0) is 15.4. The summed E-state index contributed by atoms with van der Waals surface area (Å²) >= 11 is 0. The van der Waals surface area contributed by atoms with E-state index in [4.69, 9.17) is 4.74 Å². The number of nitrogens with one attached hydrogen (secondary N) is 2. The van der Waals surface area contributed by atoms with Crippen molar-refractivity contribution in [1.82, 2.24) is 15.3 Å². The van der Waals surface area contributed by atoms with Gasteiger partial charge in [0.25, 0.3) is 5.56 Å². The molecule has 0 saturated carbocycles. The Bertz CT molecular complexity index is 677. The molecule has 3 rings (SSSR count). The van der Waals surface area contributed by atoms with Crippen LogP contribution < -0.4 is 15.8 Å². The zero-order valence-electron chi connectivity index (χ0n) is 12.8. The van der Waals surface area contributed by atoms with E-state index in [9.17, 15) is 4.79 Å². The van der Waals surface area contributed by atoms with Crippen LogP contribution in [0.15, 0.2) is 29.1 Å². The van der Waals surface area contributed by atoms with Gasteiger partial charge < -0.3 is 15.0 Å². The Labute approximate surface area is 129 Å². The molecule has 2 N–H and O–H groups in total. The summed E-state index contributed by atoms with van der Waals surface area (Å²) < 4.78 is 5.05. The summed E-state index contributed by atoms with van der Waals surface area (Å²) in [5.41, 5.74) is 0.683. The molecule has 2 heterocycles. The average Bonchev–Trinajstić information content (AvgIpc) is 2.56. The maximum atomic E-state index is 12.1. The molecule has 2 aromatic rings. The van der Waals surface area contributed by atoms with Crippen LogP contribution >= 0.6 is 0 Å². The first-order valence-corrected chi connectivity index (χ1v) is 7.74. The largest absolute Gasteiger partial charge is 0.383 e. The fourth-order valence-corrected chi connectivity index (χ4v) is 2.88. The lowest BCUT2D eigenvalue weighted by molar-refractivity contribution is 0.193. The summed E-state index contributed by atoms with van der Waals surface area (Å²) in [5, 5.41) is 4.13. The molecule has 0 radical (unpaired) electrons. The number of fused-ring (bicyclic) bond motifs is 1. The van der Waals surface area contributed by atoms with Gasteiger partial charge in [0, 0.05) is 32.8 Å². The molecule has 0 aliphatic carbocycles. The topological polar surface area (TPSA) is 70.2 Å². The Morgan fingerprint density at radius 2 is 2.14 bits per heavy atom. The van der Waals surface area contributed by atoms with Gasteiger partial charge in [-0.2, -0.15) is 0 Å². The molecule has 1 aliphatic rings. The van der Waals surface area contributed by atoms with Crippen LogP contribution in [0.4, 0.5) is 5.95 Å². The standard InChI is InChI=1S/C16H22N4O2/c1-22-11-8-17-12-6-9-20(10-7-12)16-18-14-5-3-2-4-13(14)15(21)19-16/h2-5,12,17H,6-11H2,1H3,(H,18,19,21). The third-order valence-electron chi connectivity index (χ3n) is 4.13. The van der Waals surface area contributed by atoms with Gasteiger partial charge in [0.15, 0.2) is 0 Å². The molecule has 0 amide bonds. The number of hydrogen-bond acceptors (Lipinski definition) is 5. The van der Waals surface area contributed by atoms with Crippen LogP contribution in [0, 0.1) is 0 Å². The SMILES string of the molecule is COCCNC1CCN(c2nc3ccccc3c(=O)[nH]2)CC1. The van der Waals surface area contributed by atoms with Gasteiger partial charge in [0.05, 0.1) is 17.5 Å². The molecule has 0 bridgehead atoms. The zero-order valence-corrected chi connectivity index (χ0v) is 12.8. The normalized spacial score (nSPS) is 16.3. The first-order chi connectivity index (χ1) is 10.8. The third kappa shape index (κ3) is 3.28. The van der Waals surface area contributed by atoms with Gasteiger partial charge in [0.1, 0.15) is 0 Å². The molecule has 0 atom stereocenters. The number of benzene rings is 1. The molecule has 6 nitrogen and oxygen atoms in total. The van der Waals surface area contributed by atoms with Crippen molar-refractivity contribution in [2.45, 2.75) is 18.9 Å². The monoisotopic (exact) mass is 302 g/mol. The minimum absolute atomic E-state index is 0.0686. The van der Waals surface area contributed by atoms with Crippen molar-refractivity contribution in [2.24, 2.45) is 0 Å². The van der Waals surface area contributed by atoms with E-state index in [0.717, 1.165) is 44.6 Å². The summed E-state index contributed by atoms with van der Waals surface area (Å²) in [6.07, 6.45) is 2.08. The van der Waals surface area contributed by atoms with Crippen LogP contribution in [0.3, 0.4) is 0 Å². The molecule has 22 heavy (non-hydrogen) atoms. The predicted molar refractivity (Wildman–Crippen MR) is 87.5 cm³/mol. The highest BCUT2D eigenvalue weighted by atomic mass is 16.5. The molecular formula is C16H22N4O2. The molecule has 6 heteroatoms. The van der Waals surface area contributed by atoms with Crippen molar-refractivity contribution >= 4 is 16.9 Å². The lowest BCUT2D eigenvalue weighted by atomic mass is 10.1. The number of H-pyrrole nitrogens is 1. The number of aromatic nitrogens is 2. The van der Waals surface area contributed by atoms with Crippen molar-refractivity contribution in [3.63, 3.8) is 0 Å². The number of methoxy groups -OCH3 is 1. The highest BCUT2D eigenvalue weighted by Crippen LogP contribution is 2.17. The Balaban J connectivity index is 1.67. The molecule has 118 valence electrons. The van der Waals surface area contributed by atoms with Gasteiger partial charge in [0.2, 0.25) is 5.95 Å². The van der Waals surface area contributed by atoms with E-state index in [1.165, 1.54) is 0 Å². The van der Waals surface area contributed by atoms with Gasteiger partial charge in [-0.05, 0) is 25.0 Å². The Kier molecular flexibility index (Phi) is 4.70. The van der Waals surface area contributed by atoms with Gasteiger partial charge in [-0.25, -0.2) is 4.98 Å². The second kappa shape index (κ2) is 6.89. The van der Waals surface area contributed by atoms with Gasteiger partial charge >= 0.3 is 0 Å². The highest BCUT2D eigenvalue weighted by Gasteiger charge is 2.20. The van der Waals surface area contributed by atoms with Crippen molar-refractivity contribution < 1.29 is 4.74 Å². The molecule has 0 spiro atoms. The van der Waals surface area contributed by atoms with Crippen LogP contribution in [0.25, 0.3) is 10.9 Å². The van der Waals surface area contributed by atoms with Gasteiger partial charge in [-0.15, -0.1) is 0 Å². The minimum atomic E-state index is -0.0686. The molecule has 1 aromatic heterocycles. The van der Waals surface area contributed by atoms with Crippen molar-refractivity contribution in [2.75, 3.05) is 38.3 Å². The molecule has 1 saturated heterocycles. The van der Waals surface area contributed by atoms with Crippen LogP contribution in [0.1, 0.15) is 12.8 Å². The maximum Gasteiger partial charge on any atom is 0.260 e. The number of ether oxygens (including phenoxy) is 1. The van der Waals surface area contributed by atoms with Gasteiger partial charge in [-0.3, -0.25) is 9.78 Å². The fraction of sp³-hybridized carbons (Fsp3) is 0.500. The number of anilines is 1. The Morgan fingerprint density at radius 1 is 1.36 bits per heavy atom. The number of piperidine rings is 1. The van der Waals surface area contributed by atoms with Crippen LogP contribution in [-0.2, 0) is 4.74 Å². The minimum Gasteiger partial charge on any atom is -0.383 e. The first-order valence-electron chi connectivity index (χ1n) is 7.74. The van der Waals surface area contributed by atoms with E-state index < -0.39 is 0 Å². The summed E-state index contributed by atoms with van der Waals surface area (Å²) in [6, 6.07) is 7.96. The smallest absolute Gasteiger partial charge is 0.260 e. The van der Waals surface area contributed by atoms with E-state index in [1.54, 1.807) is 13.2 Å². The first kappa shape index (κ1) is 15.0. The lowest BCUT2D eigenvalue weighted by Crippen LogP contribution is -2.44. The molecule has 1 fully saturated rings. The van der Waals surface area contributed by atoms with Crippen molar-refractivity contribution in [3.05, 3.63) is 34.6 Å². The second-order valence-electron chi connectivity index (χ2n) is 5.61. The van der Waals surface area contributed by atoms with E-state index >= 15 is 0 Å². The second-order valence-corrected chi connectivity index (χ2v) is 5.61. The third-order valence-corrected chi connectivity index (χ3v) is 4.13. The maximum absolute atomic E-state index is 12.1. The summed E-state index contributed by atoms with van der Waals surface area (Å²) in [6.45, 7) is 3.41. The number of aromatic amines is 1. The molecular weight excluding hydrogens is 280 g/mol. The number of hydrogen-bond donors (Lipinski definition) is 2. The van der Waals surface area contributed by atoms with Crippen LogP contribution in [0.5, 0.6) is 0 Å². The van der Waals surface area contributed by atoms with Crippen LogP contribution in [0.2, 0.25) is 0 Å². The summed E-state index contributed by atoms with van der Waals surface area (Å²) in [7, 11) is 1.71. The molecule has 1 aromatic carbocycles. The Morgan fingerprint density at radius 3 is 2.91 bits per heavy atom. The van der Waals surface area contributed by atoms with E-state index in [0.29, 0.717) is 17.4 Å². The molecule has 1 aliphatic heterocycles. The van der Waals surface area contributed by atoms with Crippen LogP contribution in [-0.4, -0.2) is 49.4 Å². The lowest BCUT2D eigenvalue weighted by Gasteiger charge is -2.32. The summed E-state index contributed by atoms with van der Waals surface area (Å²) in [5.74, 6) is 0.680. The fourth-order valence-electron chi connectivity index (χ4n) is 2.88. The predicted octanol–water partition coefficient (Wildman–Crippen LogP) is 1.13. The Hall–Kier alpha value is -1.92. The molecule has 0 unspecified atom stereocenters. The van der Waals surface area contributed by atoms with Gasteiger partial charge in [-0.1, -0.05) is 12.1 Å². The van der Waals surface area contributed by atoms with Crippen molar-refractivity contribution in [3.8, 4) is 0 Å². The van der Waals surface area contributed by atoms with E-state index in [2.05, 4.69) is 20.2 Å². The average molecular weight is 302 g/mol. The van der Waals surface area contributed by atoms with E-state index in [1.807, 2.05) is 18.2 Å². The number of nitrogens with zero attached hydrogens (tertiary/aromatic N) is 2. The summed E-state index contributed by atoms with van der Waals surface area (Å²) in [4.78, 5) is 21.8. The number of para-hydroxylation sites is 1. The van der Waals surface area contributed by atoms with E-state index in [-0.39, 0.29) is 5.56 Å².